The van der Waals surface area contributed by atoms with Crippen molar-refractivity contribution in [3.05, 3.63) is 207 Å². The summed E-state index contributed by atoms with van der Waals surface area (Å²) in [4.78, 5) is 2.56. The summed E-state index contributed by atoms with van der Waals surface area (Å²) < 4.78 is 0. The van der Waals surface area contributed by atoms with E-state index in [0.29, 0.717) is 11.8 Å². The molecular formula is C65H88BN. The van der Waals surface area contributed by atoms with Crippen LogP contribution in [0.4, 0.5) is 0 Å². The highest BCUT2D eigenvalue weighted by molar-refractivity contribution is 6.87. The van der Waals surface area contributed by atoms with E-state index in [1.807, 2.05) is 13.8 Å². The lowest BCUT2D eigenvalue weighted by Crippen LogP contribution is -2.38. The highest BCUT2D eigenvalue weighted by atomic mass is 15.2. The van der Waals surface area contributed by atoms with Crippen LogP contribution in [0, 0.1) is 22.7 Å². The topological polar surface area (TPSA) is 3.24 Å². The first-order valence-electron chi connectivity index (χ1n) is 26.0. The molecule has 4 atom stereocenters. The summed E-state index contributed by atoms with van der Waals surface area (Å²) >= 11 is 0. The Morgan fingerprint density at radius 2 is 1.58 bits per heavy atom. The lowest BCUT2D eigenvalue weighted by molar-refractivity contribution is 0.298. The van der Waals surface area contributed by atoms with E-state index >= 15 is 0 Å². The molecule has 2 bridgehead atoms. The molecule has 4 aliphatic carbocycles. The molecule has 0 amide bonds. The molecule has 5 aliphatic rings. The van der Waals surface area contributed by atoms with E-state index in [1.54, 1.807) is 5.57 Å². The molecule has 67 heavy (non-hydrogen) atoms. The molecular weight excluding hydrogens is 806 g/mol. The molecule has 1 aromatic carbocycles. The van der Waals surface area contributed by atoms with Gasteiger partial charge in [-0.1, -0.05) is 195 Å². The third kappa shape index (κ3) is 11.6. The number of benzene rings is 1. The van der Waals surface area contributed by atoms with Gasteiger partial charge in [0.2, 0.25) is 6.71 Å². The van der Waals surface area contributed by atoms with Crippen LogP contribution in [-0.4, -0.2) is 11.6 Å². The molecule has 1 aliphatic heterocycles. The highest BCUT2D eigenvalue weighted by Gasteiger charge is 2.54. The van der Waals surface area contributed by atoms with Gasteiger partial charge in [-0.2, -0.15) is 0 Å². The molecule has 1 heterocycles. The van der Waals surface area contributed by atoms with Crippen LogP contribution in [-0.2, 0) is 0 Å². The van der Waals surface area contributed by atoms with E-state index < -0.39 is 0 Å². The van der Waals surface area contributed by atoms with Crippen molar-refractivity contribution in [2.75, 3.05) is 0 Å². The summed E-state index contributed by atoms with van der Waals surface area (Å²) in [5, 5.41) is 0. The Bertz CT molecular complexity index is 2420. The van der Waals surface area contributed by atoms with Gasteiger partial charge in [0.15, 0.2) is 0 Å². The minimum atomic E-state index is -0.0373. The minimum Gasteiger partial charge on any atom is -0.314 e. The smallest absolute Gasteiger partial charge is 0.242 e. The molecule has 0 N–H and O–H groups in total. The van der Waals surface area contributed by atoms with Crippen molar-refractivity contribution < 1.29 is 0 Å². The molecule has 0 saturated heterocycles. The molecule has 0 radical (unpaired) electrons. The first-order chi connectivity index (χ1) is 31.9. The lowest BCUT2D eigenvalue weighted by Gasteiger charge is -2.38. The highest BCUT2D eigenvalue weighted by Crippen LogP contribution is 2.66. The Hall–Kier alpha value is -4.82. The van der Waals surface area contributed by atoms with E-state index in [2.05, 4.69) is 192 Å². The normalized spacial score (nSPS) is 24.4. The van der Waals surface area contributed by atoms with Gasteiger partial charge in [-0.25, -0.2) is 0 Å². The van der Waals surface area contributed by atoms with Crippen LogP contribution in [0.3, 0.4) is 0 Å². The number of allylic oxidation sites excluding steroid dienone is 24. The summed E-state index contributed by atoms with van der Waals surface area (Å²) in [6, 6.07) is 9.77. The Morgan fingerprint density at radius 1 is 0.881 bits per heavy atom. The van der Waals surface area contributed by atoms with Crippen molar-refractivity contribution >= 4 is 12.2 Å². The van der Waals surface area contributed by atoms with Gasteiger partial charge in [-0.05, 0) is 184 Å². The second-order valence-electron chi connectivity index (χ2n) is 21.4. The average Bonchev–Trinajstić information content (AvgIpc) is 3.44. The summed E-state index contributed by atoms with van der Waals surface area (Å²) in [6.45, 7) is 49.4. The molecule has 4 unspecified atom stereocenters. The fraction of sp³-hybridized carbons (Fsp3) is 0.446. The van der Waals surface area contributed by atoms with Gasteiger partial charge < -0.3 is 4.90 Å². The largest absolute Gasteiger partial charge is 0.314 e. The van der Waals surface area contributed by atoms with Crippen LogP contribution >= 0.6 is 0 Å². The van der Waals surface area contributed by atoms with Crippen molar-refractivity contribution in [2.45, 2.75) is 167 Å². The SMILES string of the molecule is C=CC1=C(/C=C\C)C(C)(C)CC2=C(CCCC/C=C\2)N1C(/C=C\C(=C)C12CC(c3ccc(B(C(=C(C)C)/C(C)=C\C(=C)C)/C(C(=C)CC)=C(\C)C=C(C)C)cc3)C=C3CC(C1)C3C2)=C/C.CC. The Labute approximate surface area is 411 Å². The Balaban J connectivity index is 0.00000414. The fourth-order valence-electron chi connectivity index (χ4n) is 12.4. The van der Waals surface area contributed by atoms with Crippen molar-refractivity contribution in [2.24, 2.45) is 22.7 Å². The fourth-order valence-corrected chi connectivity index (χ4v) is 12.4. The summed E-state index contributed by atoms with van der Waals surface area (Å²) in [6.07, 6.45) is 37.1. The van der Waals surface area contributed by atoms with E-state index in [-0.39, 0.29) is 17.5 Å². The van der Waals surface area contributed by atoms with Crippen LogP contribution in [0.15, 0.2) is 201 Å². The van der Waals surface area contributed by atoms with Crippen LogP contribution in [0.25, 0.3) is 0 Å². The minimum absolute atomic E-state index is 0.0373. The number of fused-ring (bicyclic) bond motifs is 1. The van der Waals surface area contributed by atoms with Crippen molar-refractivity contribution in [1.29, 1.82) is 0 Å². The maximum Gasteiger partial charge on any atom is 0.242 e. The van der Waals surface area contributed by atoms with E-state index in [9.17, 15) is 0 Å². The first-order valence-corrected chi connectivity index (χ1v) is 26.0. The molecule has 0 spiro atoms. The number of hydrogen-bond donors (Lipinski definition) is 0. The first kappa shape index (κ1) is 53.1. The van der Waals surface area contributed by atoms with Gasteiger partial charge in [0, 0.05) is 23.0 Å². The molecule has 6 rings (SSSR count). The van der Waals surface area contributed by atoms with Crippen LogP contribution < -0.4 is 5.46 Å². The van der Waals surface area contributed by atoms with Gasteiger partial charge in [-0.15, -0.1) is 0 Å². The predicted molar refractivity (Wildman–Crippen MR) is 299 cm³/mol. The zero-order valence-electron chi connectivity index (χ0n) is 44.8. The van der Waals surface area contributed by atoms with Gasteiger partial charge in [0.1, 0.15) is 0 Å². The maximum absolute atomic E-state index is 4.99. The third-order valence-corrected chi connectivity index (χ3v) is 15.4. The van der Waals surface area contributed by atoms with E-state index in [0.717, 1.165) is 43.6 Å². The second-order valence-corrected chi connectivity index (χ2v) is 21.4. The quantitative estimate of drug-likeness (QED) is 0.0963. The molecule has 2 fully saturated rings. The summed E-state index contributed by atoms with van der Waals surface area (Å²) in [5.74, 6) is 1.80. The van der Waals surface area contributed by atoms with E-state index in [4.69, 9.17) is 13.2 Å². The van der Waals surface area contributed by atoms with Crippen LogP contribution in [0.5, 0.6) is 0 Å². The predicted octanol–water partition coefficient (Wildman–Crippen LogP) is 18.6. The van der Waals surface area contributed by atoms with Crippen LogP contribution in [0.1, 0.15) is 173 Å². The monoisotopic (exact) mass is 894 g/mol. The Kier molecular flexibility index (Phi) is 18.2. The number of hydrogen-bond acceptors (Lipinski definition) is 1. The van der Waals surface area contributed by atoms with Gasteiger partial charge in [-0.3, -0.25) is 0 Å². The van der Waals surface area contributed by atoms with Gasteiger partial charge >= 0.3 is 0 Å². The van der Waals surface area contributed by atoms with E-state index in [1.165, 1.54) is 116 Å². The molecule has 1 aromatic rings. The summed E-state index contributed by atoms with van der Waals surface area (Å²) in [7, 11) is 0. The third-order valence-electron chi connectivity index (χ3n) is 15.4. The lowest BCUT2D eigenvalue weighted by atomic mass is 9.32. The van der Waals surface area contributed by atoms with Crippen LogP contribution in [0.2, 0.25) is 0 Å². The van der Waals surface area contributed by atoms with Crippen molar-refractivity contribution in [3.63, 3.8) is 0 Å². The number of nitrogens with zero attached hydrogens (tertiary/aromatic N) is 1. The zero-order valence-corrected chi connectivity index (χ0v) is 44.8. The van der Waals surface area contributed by atoms with Gasteiger partial charge in [0.25, 0.3) is 0 Å². The summed E-state index contributed by atoms with van der Waals surface area (Å²) in [5.41, 5.74) is 22.5. The van der Waals surface area contributed by atoms with Crippen molar-refractivity contribution in [3.8, 4) is 0 Å². The molecule has 2 heteroatoms. The molecule has 356 valence electrons. The maximum atomic E-state index is 4.99. The van der Waals surface area contributed by atoms with Gasteiger partial charge in [0.05, 0.1) is 0 Å². The Morgan fingerprint density at radius 3 is 2.18 bits per heavy atom. The molecule has 2 saturated carbocycles. The van der Waals surface area contributed by atoms with Crippen molar-refractivity contribution in [1.82, 2.24) is 4.90 Å². The number of rotatable bonds is 15. The standard InChI is InChI=1S/C63H82BN.C2H6/c1-17-25-57-58(20-4)65(59-27-24-22-21-23-26-50(59)38-62(57,15)16)55(19-3)33-28-48(14)63-39-52(36-51-37-53(40-63)56(51)41-63)49-29-31-54(32-30-49)64(60(44(9)10)46(12)34-42(5)6)61(45(11)18-2)47(13)35-43(7)8;1-2/h17,19-20,23,25-26,28-36,52-53,56H,4-5,11,14,18,21-22,24,27,37-41H2,1-3,6-10,12-13,15-16H3;1-2H3/b25-17-,26-23-,33-28-,46-34-,55-19+,61-47+;. The molecule has 1 nitrogen and oxygen atoms in total. The average molecular weight is 894 g/mol. The molecule has 0 aromatic heterocycles. The second kappa shape index (κ2) is 23.0. The zero-order chi connectivity index (χ0) is 49.4.